The van der Waals surface area contributed by atoms with E-state index in [9.17, 15) is 14.5 Å². The van der Waals surface area contributed by atoms with Crippen LogP contribution in [0, 0.1) is 15.9 Å². The Kier molecular flexibility index (Phi) is 5.22. The van der Waals surface area contributed by atoms with Crippen LogP contribution >= 0.6 is 0 Å². The second-order valence-corrected chi connectivity index (χ2v) is 4.32. The highest BCUT2D eigenvalue weighted by Gasteiger charge is 2.24. The van der Waals surface area contributed by atoms with Crippen molar-refractivity contribution >= 4 is 5.69 Å². The summed E-state index contributed by atoms with van der Waals surface area (Å²) in [4.78, 5) is 10.4. The molecular weight excluding hydrogens is 235 g/mol. The molecule has 1 aromatic carbocycles. The lowest BCUT2D eigenvalue weighted by Crippen LogP contribution is -2.33. The van der Waals surface area contributed by atoms with Crippen molar-refractivity contribution in [3.63, 3.8) is 0 Å². The molecule has 2 unspecified atom stereocenters. The van der Waals surface area contributed by atoms with Gasteiger partial charge in [0.1, 0.15) is 5.82 Å². The first-order valence-electron chi connectivity index (χ1n) is 6.18. The molecular formula is C13H19FN2O2. The number of nitro groups is 1. The van der Waals surface area contributed by atoms with Gasteiger partial charge in [-0.3, -0.25) is 10.1 Å². The van der Waals surface area contributed by atoms with Crippen LogP contribution in [0.15, 0.2) is 18.2 Å². The molecule has 2 atom stereocenters. The Morgan fingerprint density at radius 3 is 2.61 bits per heavy atom. The molecule has 0 bridgehead atoms. The molecule has 0 aliphatic rings. The molecule has 1 aromatic rings. The maximum Gasteiger partial charge on any atom is 0.275 e. The molecule has 5 heteroatoms. The van der Waals surface area contributed by atoms with Crippen molar-refractivity contribution in [1.82, 2.24) is 5.32 Å². The number of likely N-dealkylation sites (N-methyl/N-ethyl adjacent to an activating group) is 1. The largest absolute Gasteiger partial charge is 0.314 e. The van der Waals surface area contributed by atoms with E-state index in [4.69, 9.17) is 0 Å². The fourth-order valence-corrected chi connectivity index (χ4v) is 2.21. The lowest BCUT2D eigenvalue weighted by atomic mass is 9.90. The van der Waals surface area contributed by atoms with E-state index >= 15 is 0 Å². The predicted molar refractivity (Wildman–Crippen MR) is 69.2 cm³/mol. The number of rotatable bonds is 6. The molecule has 1 rings (SSSR count). The lowest BCUT2D eigenvalue weighted by molar-refractivity contribution is -0.385. The van der Waals surface area contributed by atoms with E-state index in [1.54, 1.807) is 0 Å². The van der Waals surface area contributed by atoms with Crippen molar-refractivity contribution in [2.75, 3.05) is 6.54 Å². The van der Waals surface area contributed by atoms with Crippen LogP contribution in [0.5, 0.6) is 0 Å². The number of halogens is 1. The highest BCUT2D eigenvalue weighted by atomic mass is 19.1. The van der Waals surface area contributed by atoms with Crippen molar-refractivity contribution in [3.05, 3.63) is 39.7 Å². The zero-order valence-corrected chi connectivity index (χ0v) is 10.9. The van der Waals surface area contributed by atoms with Crippen molar-refractivity contribution in [3.8, 4) is 0 Å². The van der Waals surface area contributed by atoms with Crippen LogP contribution in [0.3, 0.4) is 0 Å². The maximum absolute atomic E-state index is 13.1. The summed E-state index contributed by atoms with van der Waals surface area (Å²) in [5, 5.41) is 14.3. The van der Waals surface area contributed by atoms with Crippen molar-refractivity contribution < 1.29 is 9.31 Å². The fourth-order valence-electron chi connectivity index (χ4n) is 2.21. The summed E-state index contributed by atoms with van der Waals surface area (Å²) < 4.78 is 13.1. The highest BCUT2D eigenvalue weighted by Crippen LogP contribution is 2.30. The summed E-state index contributed by atoms with van der Waals surface area (Å²) in [7, 11) is 0. The summed E-state index contributed by atoms with van der Waals surface area (Å²) in [5.74, 6) is -0.606. The average molecular weight is 254 g/mol. The Balaban J connectivity index is 3.11. The molecule has 0 aliphatic carbocycles. The van der Waals surface area contributed by atoms with E-state index < -0.39 is 10.7 Å². The van der Waals surface area contributed by atoms with Crippen LogP contribution in [0.1, 0.15) is 38.7 Å². The van der Waals surface area contributed by atoms with Crippen LogP contribution in [-0.4, -0.2) is 17.5 Å². The third-order valence-electron chi connectivity index (χ3n) is 3.19. The smallest absolute Gasteiger partial charge is 0.275 e. The first-order valence-corrected chi connectivity index (χ1v) is 6.18. The summed E-state index contributed by atoms with van der Waals surface area (Å²) in [6.07, 6.45) is 0.865. The molecule has 0 saturated carbocycles. The number of nitro benzene ring substituents is 1. The standard InChI is InChI=1S/C13H19FN2O2/c1-4-12(15-5-2)9(3)11-7-6-10(14)8-13(11)16(17)18/h6-9,12,15H,4-5H2,1-3H3. The second-order valence-electron chi connectivity index (χ2n) is 4.32. The van der Waals surface area contributed by atoms with Gasteiger partial charge < -0.3 is 5.32 Å². The summed E-state index contributed by atoms with van der Waals surface area (Å²) in [6.45, 7) is 6.75. The SMILES string of the molecule is CCNC(CC)C(C)c1ccc(F)cc1[N+](=O)[O-]. The molecule has 4 nitrogen and oxygen atoms in total. The van der Waals surface area contributed by atoms with Crippen LogP contribution in [0.25, 0.3) is 0 Å². The van der Waals surface area contributed by atoms with Crippen molar-refractivity contribution in [1.29, 1.82) is 0 Å². The van der Waals surface area contributed by atoms with Gasteiger partial charge in [0, 0.05) is 17.5 Å². The van der Waals surface area contributed by atoms with Gasteiger partial charge in [0.25, 0.3) is 5.69 Å². The molecule has 100 valence electrons. The monoisotopic (exact) mass is 254 g/mol. The minimum atomic E-state index is -0.575. The van der Waals surface area contributed by atoms with E-state index in [0.717, 1.165) is 19.0 Å². The number of hydrogen-bond donors (Lipinski definition) is 1. The van der Waals surface area contributed by atoms with Crippen LogP contribution in [-0.2, 0) is 0 Å². The van der Waals surface area contributed by atoms with Gasteiger partial charge in [0.2, 0.25) is 0 Å². The number of nitrogens with one attached hydrogen (secondary N) is 1. The average Bonchev–Trinajstić information content (AvgIpc) is 2.35. The van der Waals surface area contributed by atoms with Gasteiger partial charge in [0.15, 0.2) is 0 Å². The topological polar surface area (TPSA) is 55.2 Å². The third-order valence-corrected chi connectivity index (χ3v) is 3.19. The van der Waals surface area contributed by atoms with E-state index in [0.29, 0.717) is 5.56 Å². The van der Waals surface area contributed by atoms with Gasteiger partial charge >= 0.3 is 0 Å². The van der Waals surface area contributed by atoms with Crippen LogP contribution in [0.4, 0.5) is 10.1 Å². The molecule has 0 amide bonds. The first-order chi connectivity index (χ1) is 8.51. The molecule has 0 aliphatic heterocycles. The lowest BCUT2D eigenvalue weighted by Gasteiger charge is -2.23. The van der Waals surface area contributed by atoms with E-state index in [-0.39, 0.29) is 17.6 Å². The summed E-state index contributed by atoms with van der Waals surface area (Å²) >= 11 is 0. The highest BCUT2D eigenvalue weighted by molar-refractivity contribution is 5.43. The number of benzene rings is 1. The van der Waals surface area contributed by atoms with Crippen molar-refractivity contribution in [2.24, 2.45) is 0 Å². The molecule has 0 fully saturated rings. The zero-order valence-electron chi connectivity index (χ0n) is 10.9. The molecule has 0 radical (unpaired) electrons. The molecule has 0 saturated heterocycles. The molecule has 1 N–H and O–H groups in total. The van der Waals surface area contributed by atoms with E-state index in [1.165, 1.54) is 12.1 Å². The minimum Gasteiger partial charge on any atom is -0.314 e. The van der Waals surface area contributed by atoms with Gasteiger partial charge in [-0.15, -0.1) is 0 Å². The van der Waals surface area contributed by atoms with Crippen LogP contribution < -0.4 is 5.32 Å². The minimum absolute atomic E-state index is 0.0315. The third kappa shape index (κ3) is 3.26. The Labute approximate surface area is 106 Å². The zero-order chi connectivity index (χ0) is 13.7. The quantitative estimate of drug-likeness (QED) is 0.626. The number of nitrogens with zero attached hydrogens (tertiary/aromatic N) is 1. The van der Waals surface area contributed by atoms with Gasteiger partial charge in [0.05, 0.1) is 11.0 Å². The normalized spacial score (nSPS) is 14.2. The van der Waals surface area contributed by atoms with Gasteiger partial charge in [-0.1, -0.05) is 20.8 Å². The van der Waals surface area contributed by atoms with E-state index in [1.807, 2.05) is 20.8 Å². The Hall–Kier alpha value is -1.49. The Morgan fingerprint density at radius 2 is 2.11 bits per heavy atom. The predicted octanol–water partition coefficient (Wildman–Crippen LogP) is 3.23. The summed E-state index contributed by atoms with van der Waals surface area (Å²) in [6, 6.07) is 3.93. The first kappa shape index (κ1) is 14.6. The molecule has 18 heavy (non-hydrogen) atoms. The van der Waals surface area contributed by atoms with Gasteiger partial charge in [-0.2, -0.15) is 0 Å². The maximum atomic E-state index is 13.1. The fraction of sp³-hybridized carbons (Fsp3) is 0.538. The van der Waals surface area contributed by atoms with Crippen LogP contribution in [0.2, 0.25) is 0 Å². The molecule has 0 aromatic heterocycles. The van der Waals surface area contributed by atoms with Gasteiger partial charge in [-0.25, -0.2) is 4.39 Å². The summed E-state index contributed by atoms with van der Waals surface area (Å²) in [5.41, 5.74) is 0.438. The molecule has 0 spiro atoms. The van der Waals surface area contributed by atoms with E-state index in [2.05, 4.69) is 5.32 Å². The Bertz CT molecular complexity index is 423. The van der Waals surface area contributed by atoms with Gasteiger partial charge in [-0.05, 0) is 25.1 Å². The Morgan fingerprint density at radius 1 is 1.44 bits per heavy atom. The van der Waals surface area contributed by atoms with Crippen molar-refractivity contribution in [2.45, 2.75) is 39.2 Å². The second kappa shape index (κ2) is 6.44. The molecule has 0 heterocycles. The number of hydrogen-bond acceptors (Lipinski definition) is 3.